The molecule has 0 aliphatic rings. The van der Waals surface area contributed by atoms with E-state index in [-0.39, 0.29) is 32.2 Å². The maximum Gasteiger partial charge on any atom is 0.472 e. The van der Waals surface area contributed by atoms with Crippen LogP contribution < -0.4 is 0 Å². The van der Waals surface area contributed by atoms with Crippen LogP contribution in [0.3, 0.4) is 0 Å². The summed E-state index contributed by atoms with van der Waals surface area (Å²) in [6.45, 7) is 2.31. The van der Waals surface area contributed by atoms with Crippen molar-refractivity contribution < 1.29 is 32.8 Å². The molecule has 0 bridgehead atoms. The van der Waals surface area contributed by atoms with Crippen molar-refractivity contribution in [3.63, 3.8) is 0 Å². The van der Waals surface area contributed by atoms with Crippen molar-refractivity contribution in [3.8, 4) is 0 Å². The monoisotopic (exact) mass is 586 g/mol. The second kappa shape index (κ2) is 25.8. The van der Waals surface area contributed by atoms with E-state index >= 15 is 0 Å². The van der Waals surface area contributed by atoms with Crippen LogP contribution in [-0.4, -0.2) is 55.6 Å². The minimum atomic E-state index is -4.10. The normalized spacial score (nSPS) is 14.2. The zero-order chi connectivity index (χ0) is 26.0. The van der Waals surface area contributed by atoms with E-state index in [9.17, 15) is 14.3 Å². The third-order valence-electron chi connectivity index (χ3n) is 5.96. The first kappa shape index (κ1) is 35.2. The number of rotatable bonds is 28. The van der Waals surface area contributed by atoms with Crippen molar-refractivity contribution in [3.05, 3.63) is 0 Å². The number of hydrogen-bond acceptors (Lipinski definition) is 6. The molecule has 0 aromatic heterocycles. The van der Waals surface area contributed by atoms with Gasteiger partial charge in [0.1, 0.15) is 12.7 Å². The lowest BCUT2D eigenvalue weighted by Crippen LogP contribution is -2.25. The first-order valence-electron chi connectivity index (χ1n) is 13.7. The van der Waals surface area contributed by atoms with Gasteiger partial charge in [-0.25, -0.2) is 4.57 Å². The fourth-order valence-electron chi connectivity index (χ4n) is 3.80. The highest BCUT2D eigenvalue weighted by Gasteiger charge is 2.23. The Labute approximate surface area is 223 Å². The second-order valence-electron chi connectivity index (χ2n) is 9.25. The third-order valence-corrected chi connectivity index (χ3v) is 7.27. The largest absolute Gasteiger partial charge is 0.472 e. The van der Waals surface area contributed by atoms with E-state index in [1.165, 1.54) is 97.0 Å². The summed E-state index contributed by atoms with van der Waals surface area (Å²) in [5, 5.41) is 0.430. The molecule has 2 unspecified atom stereocenters. The van der Waals surface area contributed by atoms with Gasteiger partial charge >= 0.3 is 7.82 Å². The van der Waals surface area contributed by atoms with Gasteiger partial charge in [-0.15, -0.1) is 0 Å². The second-order valence-corrected chi connectivity index (χ2v) is 11.5. The standard InChI is InChI=1S/C26H52BrO7P/c1-3-4-5-6-7-8-9-10-11-12-13-14-15-16-17-18-19-25(28)22-32-23-26(31-2)24-34-35(29,30)33-21-20-27/h26H,3-24H2,1-2H3,(H,29,30). The van der Waals surface area contributed by atoms with Gasteiger partial charge in [0.15, 0.2) is 5.78 Å². The van der Waals surface area contributed by atoms with Crippen LogP contribution in [-0.2, 0) is 27.9 Å². The molecule has 0 aromatic rings. The average molecular weight is 588 g/mol. The smallest absolute Gasteiger partial charge is 0.377 e. The predicted octanol–water partition coefficient (Wildman–Crippen LogP) is 7.77. The summed E-state index contributed by atoms with van der Waals surface area (Å²) < 4.78 is 31.8. The number of ether oxygens (including phenoxy) is 2. The van der Waals surface area contributed by atoms with Crippen LogP contribution in [0.15, 0.2) is 0 Å². The number of hydrogen-bond donors (Lipinski definition) is 1. The minimum absolute atomic E-state index is 0.0233. The van der Waals surface area contributed by atoms with Crippen LogP contribution in [0.25, 0.3) is 0 Å². The van der Waals surface area contributed by atoms with Crippen molar-refractivity contribution in [2.45, 2.75) is 122 Å². The summed E-state index contributed by atoms with van der Waals surface area (Å²) >= 11 is 3.11. The number of alkyl halides is 1. The first-order valence-corrected chi connectivity index (χ1v) is 16.4. The van der Waals surface area contributed by atoms with E-state index in [2.05, 4.69) is 22.9 Å². The van der Waals surface area contributed by atoms with Crippen LogP contribution in [0, 0.1) is 0 Å². The Kier molecular flexibility index (Phi) is 25.9. The zero-order valence-electron chi connectivity index (χ0n) is 22.4. The topological polar surface area (TPSA) is 91.3 Å². The van der Waals surface area contributed by atoms with Crippen molar-refractivity contribution in [1.29, 1.82) is 0 Å². The van der Waals surface area contributed by atoms with Crippen molar-refractivity contribution >= 4 is 29.5 Å². The van der Waals surface area contributed by atoms with Gasteiger partial charge in [-0.1, -0.05) is 119 Å². The highest BCUT2D eigenvalue weighted by molar-refractivity contribution is 9.09. The number of halogens is 1. The Hall–Kier alpha value is 0.180. The number of carbonyl (C=O) groups excluding carboxylic acids is 1. The number of carbonyl (C=O) groups is 1. The number of Topliss-reactive ketones (excluding diaryl/α,β-unsaturated/α-hetero) is 1. The zero-order valence-corrected chi connectivity index (χ0v) is 24.8. The maximum atomic E-state index is 12.0. The molecule has 0 aliphatic carbocycles. The molecular weight excluding hydrogens is 535 g/mol. The van der Waals surface area contributed by atoms with Gasteiger partial charge in [0.25, 0.3) is 0 Å². The van der Waals surface area contributed by atoms with Crippen LogP contribution in [0.4, 0.5) is 0 Å². The molecule has 0 amide bonds. The molecule has 0 fully saturated rings. The van der Waals surface area contributed by atoms with Gasteiger partial charge in [0.2, 0.25) is 0 Å². The van der Waals surface area contributed by atoms with Gasteiger partial charge in [-0.05, 0) is 6.42 Å². The van der Waals surface area contributed by atoms with Gasteiger partial charge in [0, 0.05) is 18.9 Å². The van der Waals surface area contributed by atoms with E-state index in [0.29, 0.717) is 11.8 Å². The Morgan fingerprint density at radius 3 is 1.74 bits per heavy atom. The molecule has 1 N–H and O–H groups in total. The lowest BCUT2D eigenvalue weighted by molar-refractivity contribution is -0.125. The number of unbranched alkanes of at least 4 members (excludes halogenated alkanes) is 15. The molecule has 0 saturated carbocycles. The van der Waals surface area contributed by atoms with Crippen LogP contribution in [0.2, 0.25) is 0 Å². The van der Waals surface area contributed by atoms with Crippen molar-refractivity contribution in [1.82, 2.24) is 0 Å². The lowest BCUT2D eigenvalue weighted by Gasteiger charge is -2.17. The SMILES string of the molecule is CCCCCCCCCCCCCCCCCCC(=O)COCC(COP(=O)(O)OCCBr)OC. The molecule has 0 radical (unpaired) electrons. The minimum Gasteiger partial charge on any atom is -0.377 e. The van der Waals surface area contributed by atoms with Gasteiger partial charge in [-0.2, -0.15) is 0 Å². The molecule has 0 spiro atoms. The van der Waals surface area contributed by atoms with E-state index in [0.717, 1.165) is 12.8 Å². The quantitative estimate of drug-likeness (QED) is 0.0568. The van der Waals surface area contributed by atoms with E-state index in [1.807, 2.05) is 0 Å². The Morgan fingerprint density at radius 1 is 0.800 bits per heavy atom. The number of phosphoric acid groups is 1. The number of ketones is 1. The highest BCUT2D eigenvalue weighted by atomic mass is 79.9. The molecule has 0 rings (SSSR count). The maximum absolute atomic E-state index is 12.0. The first-order chi connectivity index (χ1) is 16.9. The number of methoxy groups -OCH3 is 1. The predicted molar refractivity (Wildman–Crippen MR) is 146 cm³/mol. The van der Waals surface area contributed by atoms with Gasteiger partial charge in [-0.3, -0.25) is 13.8 Å². The molecule has 0 saturated heterocycles. The molecule has 7 nitrogen and oxygen atoms in total. The summed E-state index contributed by atoms with van der Waals surface area (Å²) in [5.74, 6) is 0.0691. The summed E-state index contributed by atoms with van der Waals surface area (Å²) in [6.07, 6.45) is 21.0. The molecular formula is C26H52BrO7P. The Balaban J connectivity index is 3.48. The molecule has 9 heteroatoms. The molecule has 210 valence electrons. The Bertz CT molecular complexity index is 522. The highest BCUT2D eigenvalue weighted by Crippen LogP contribution is 2.43. The number of phosphoric ester groups is 1. The van der Waals surface area contributed by atoms with Crippen LogP contribution in [0.5, 0.6) is 0 Å². The average Bonchev–Trinajstić information content (AvgIpc) is 2.84. The molecule has 2 atom stereocenters. The molecule has 0 aliphatic heterocycles. The fourth-order valence-corrected chi connectivity index (χ4v) is 4.96. The molecule has 35 heavy (non-hydrogen) atoms. The van der Waals surface area contributed by atoms with E-state index < -0.39 is 13.9 Å². The van der Waals surface area contributed by atoms with Crippen LogP contribution in [0.1, 0.15) is 116 Å². The van der Waals surface area contributed by atoms with Crippen LogP contribution >= 0.6 is 23.8 Å². The van der Waals surface area contributed by atoms with Gasteiger partial charge in [0.05, 0.1) is 19.8 Å². The summed E-state index contributed by atoms with van der Waals surface area (Å²) in [7, 11) is -2.65. The van der Waals surface area contributed by atoms with Crippen molar-refractivity contribution in [2.24, 2.45) is 0 Å². The summed E-state index contributed by atoms with van der Waals surface area (Å²) in [6, 6.07) is 0. The van der Waals surface area contributed by atoms with E-state index in [1.54, 1.807) is 0 Å². The molecule has 0 aromatic carbocycles. The summed E-state index contributed by atoms with van der Waals surface area (Å²) in [4.78, 5) is 21.5. The van der Waals surface area contributed by atoms with Crippen molar-refractivity contribution in [2.75, 3.05) is 38.9 Å². The lowest BCUT2D eigenvalue weighted by atomic mass is 10.0. The summed E-state index contributed by atoms with van der Waals surface area (Å²) in [5.41, 5.74) is 0. The van der Waals surface area contributed by atoms with Gasteiger partial charge < -0.3 is 14.4 Å². The molecule has 0 heterocycles. The fraction of sp³-hybridized carbons (Fsp3) is 0.962. The van der Waals surface area contributed by atoms with E-state index in [4.69, 9.17) is 18.5 Å². The third kappa shape index (κ3) is 25.6. The Morgan fingerprint density at radius 2 is 1.29 bits per heavy atom.